The second-order valence-electron chi connectivity index (χ2n) is 5.05. The Morgan fingerprint density at radius 1 is 1.00 bits per heavy atom. The summed E-state index contributed by atoms with van der Waals surface area (Å²) in [6, 6.07) is 11.2. The van der Waals surface area contributed by atoms with E-state index in [4.69, 9.17) is 0 Å². The third kappa shape index (κ3) is 5.66. The Balaban J connectivity index is 1.78. The standard InChI is InChI=1S/C17H16F2N2O2S/c1-21(10-16(22)20-14-6-2-12(18)3-7-14)17(23)11-24-15-8-4-13(19)5-9-15/h2-9H,10-11H2,1H3,(H,20,22). The van der Waals surface area contributed by atoms with E-state index in [2.05, 4.69) is 5.32 Å². The van der Waals surface area contributed by atoms with Crippen molar-refractivity contribution in [3.05, 3.63) is 60.2 Å². The highest BCUT2D eigenvalue weighted by Crippen LogP contribution is 2.18. The fourth-order valence-corrected chi connectivity index (χ4v) is 2.66. The Morgan fingerprint density at radius 3 is 2.12 bits per heavy atom. The summed E-state index contributed by atoms with van der Waals surface area (Å²) in [7, 11) is 1.53. The maximum atomic E-state index is 12.8. The van der Waals surface area contributed by atoms with Crippen molar-refractivity contribution in [3.8, 4) is 0 Å². The first kappa shape index (κ1) is 17.9. The molecule has 0 unspecified atom stereocenters. The maximum absolute atomic E-state index is 12.8. The fraction of sp³-hybridized carbons (Fsp3) is 0.176. The number of halogens is 2. The summed E-state index contributed by atoms with van der Waals surface area (Å²) in [5.41, 5.74) is 0.461. The summed E-state index contributed by atoms with van der Waals surface area (Å²) >= 11 is 1.27. The molecule has 126 valence electrons. The quantitative estimate of drug-likeness (QED) is 0.814. The number of benzene rings is 2. The fourth-order valence-electron chi connectivity index (χ4n) is 1.82. The van der Waals surface area contributed by atoms with Gasteiger partial charge in [0.2, 0.25) is 11.8 Å². The van der Waals surface area contributed by atoms with E-state index in [9.17, 15) is 18.4 Å². The molecule has 0 saturated heterocycles. The predicted molar refractivity (Wildman–Crippen MR) is 89.8 cm³/mol. The van der Waals surface area contributed by atoms with Gasteiger partial charge in [-0.3, -0.25) is 9.59 Å². The summed E-state index contributed by atoms with van der Waals surface area (Å²) in [5, 5.41) is 2.59. The van der Waals surface area contributed by atoms with Gasteiger partial charge in [0.1, 0.15) is 11.6 Å². The topological polar surface area (TPSA) is 49.4 Å². The van der Waals surface area contributed by atoms with Crippen LogP contribution < -0.4 is 5.32 Å². The number of amides is 2. The molecule has 2 rings (SSSR count). The molecule has 2 amide bonds. The SMILES string of the molecule is CN(CC(=O)Nc1ccc(F)cc1)C(=O)CSc1ccc(F)cc1. The van der Waals surface area contributed by atoms with Gasteiger partial charge in [0.25, 0.3) is 0 Å². The lowest BCUT2D eigenvalue weighted by molar-refractivity contribution is -0.131. The molecule has 0 bridgehead atoms. The van der Waals surface area contributed by atoms with Crippen LogP contribution in [0.2, 0.25) is 0 Å². The van der Waals surface area contributed by atoms with E-state index in [1.807, 2.05) is 0 Å². The Bertz CT molecular complexity index is 706. The lowest BCUT2D eigenvalue weighted by atomic mass is 10.3. The highest BCUT2D eigenvalue weighted by Gasteiger charge is 2.13. The molecule has 2 aromatic carbocycles. The first-order valence-corrected chi connectivity index (χ1v) is 8.10. The normalized spacial score (nSPS) is 10.3. The Kier molecular flexibility index (Phi) is 6.31. The molecule has 0 fully saturated rings. The average molecular weight is 350 g/mol. The van der Waals surface area contributed by atoms with Crippen molar-refractivity contribution in [2.45, 2.75) is 4.90 Å². The second kappa shape index (κ2) is 8.44. The molecule has 1 N–H and O–H groups in total. The largest absolute Gasteiger partial charge is 0.336 e. The van der Waals surface area contributed by atoms with Crippen LogP contribution in [-0.4, -0.2) is 36.1 Å². The number of rotatable bonds is 6. The van der Waals surface area contributed by atoms with Gasteiger partial charge < -0.3 is 10.2 Å². The number of nitrogens with one attached hydrogen (secondary N) is 1. The molecule has 7 heteroatoms. The Labute approximate surface area is 142 Å². The molecule has 0 aromatic heterocycles. The zero-order chi connectivity index (χ0) is 17.5. The molecular formula is C17H16F2N2O2S. The summed E-state index contributed by atoms with van der Waals surface area (Å²) in [6.07, 6.45) is 0. The molecule has 0 radical (unpaired) electrons. The number of nitrogens with zero attached hydrogens (tertiary/aromatic N) is 1. The first-order valence-electron chi connectivity index (χ1n) is 7.12. The van der Waals surface area contributed by atoms with Crippen molar-refractivity contribution in [2.24, 2.45) is 0 Å². The molecule has 0 saturated carbocycles. The summed E-state index contributed by atoms with van der Waals surface area (Å²) in [4.78, 5) is 26.0. The van der Waals surface area contributed by atoms with E-state index >= 15 is 0 Å². The second-order valence-corrected chi connectivity index (χ2v) is 6.10. The third-order valence-electron chi connectivity index (χ3n) is 3.11. The molecule has 0 atom stereocenters. The Morgan fingerprint density at radius 2 is 1.54 bits per heavy atom. The van der Waals surface area contributed by atoms with E-state index < -0.39 is 5.82 Å². The van der Waals surface area contributed by atoms with Crippen LogP contribution in [0.4, 0.5) is 14.5 Å². The molecule has 2 aromatic rings. The number of hydrogen-bond donors (Lipinski definition) is 1. The summed E-state index contributed by atoms with van der Waals surface area (Å²) in [5.74, 6) is -1.17. The van der Waals surface area contributed by atoms with Gasteiger partial charge in [-0.1, -0.05) is 0 Å². The number of thioether (sulfide) groups is 1. The average Bonchev–Trinajstić information content (AvgIpc) is 2.56. The molecule has 0 spiro atoms. The molecular weight excluding hydrogens is 334 g/mol. The lowest BCUT2D eigenvalue weighted by Crippen LogP contribution is -2.35. The van der Waals surface area contributed by atoms with Gasteiger partial charge in [-0.2, -0.15) is 0 Å². The van der Waals surface area contributed by atoms with E-state index in [1.165, 1.54) is 60.1 Å². The van der Waals surface area contributed by atoms with Crippen LogP contribution in [0.1, 0.15) is 0 Å². The zero-order valence-electron chi connectivity index (χ0n) is 13.0. The van der Waals surface area contributed by atoms with Crippen molar-refractivity contribution in [3.63, 3.8) is 0 Å². The number of anilines is 1. The first-order chi connectivity index (χ1) is 11.4. The monoisotopic (exact) mass is 350 g/mol. The van der Waals surface area contributed by atoms with E-state index in [-0.39, 0.29) is 29.9 Å². The molecule has 0 aliphatic rings. The minimum atomic E-state index is -0.391. The van der Waals surface area contributed by atoms with Gasteiger partial charge in [-0.15, -0.1) is 11.8 Å². The van der Waals surface area contributed by atoms with E-state index in [1.54, 1.807) is 12.1 Å². The molecule has 4 nitrogen and oxygen atoms in total. The number of likely N-dealkylation sites (N-methyl/N-ethyl adjacent to an activating group) is 1. The smallest absolute Gasteiger partial charge is 0.243 e. The van der Waals surface area contributed by atoms with Gasteiger partial charge in [-0.25, -0.2) is 8.78 Å². The van der Waals surface area contributed by atoms with Crippen molar-refractivity contribution in [2.75, 3.05) is 24.7 Å². The molecule has 24 heavy (non-hydrogen) atoms. The summed E-state index contributed by atoms with van der Waals surface area (Å²) < 4.78 is 25.6. The predicted octanol–water partition coefficient (Wildman–Crippen LogP) is 3.15. The van der Waals surface area contributed by atoms with Crippen molar-refractivity contribution in [1.82, 2.24) is 4.90 Å². The zero-order valence-corrected chi connectivity index (χ0v) is 13.8. The van der Waals surface area contributed by atoms with Crippen LogP contribution in [0.25, 0.3) is 0 Å². The molecule has 0 aliphatic carbocycles. The van der Waals surface area contributed by atoms with Crippen molar-refractivity contribution >= 4 is 29.3 Å². The van der Waals surface area contributed by atoms with Gasteiger partial charge in [0.15, 0.2) is 0 Å². The van der Waals surface area contributed by atoms with Crippen LogP contribution in [0, 0.1) is 11.6 Å². The van der Waals surface area contributed by atoms with Gasteiger partial charge >= 0.3 is 0 Å². The minimum Gasteiger partial charge on any atom is -0.336 e. The number of hydrogen-bond acceptors (Lipinski definition) is 3. The highest BCUT2D eigenvalue weighted by molar-refractivity contribution is 8.00. The number of carbonyl (C=O) groups is 2. The van der Waals surface area contributed by atoms with Crippen molar-refractivity contribution < 1.29 is 18.4 Å². The van der Waals surface area contributed by atoms with Crippen LogP contribution >= 0.6 is 11.8 Å². The van der Waals surface area contributed by atoms with Gasteiger partial charge in [0.05, 0.1) is 12.3 Å². The van der Waals surface area contributed by atoms with Gasteiger partial charge in [-0.05, 0) is 48.5 Å². The van der Waals surface area contributed by atoms with Crippen LogP contribution in [0.3, 0.4) is 0 Å². The van der Waals surface area contributed by atoms with E-state index in [0.29, 0.717) is 5.69 Å². The third-order valence-corrected chi connectivity index (χ3v) is 4.11. The van der Waals surface area contributed by atoms with Crippen LogP contribution in [-0.2, 0) is 9.59 Å². The van der Waals surface area contributed by atoms with E-state index in [0.717, 1.165) is 4.90 Å². The Hall–Kier alpha value is -2.41. The minimum absolute atomic E-state index is 0.111. The van der Waals surface area contributed by atoms with Crippen LogP contribution in [0.15, 0.2) is 53.4 Å². The number of carbonyl (C=O) groups excluding carboxylic acids is 2. The molecule has 0 heterocycles. The van der Waals surface area contributed by atoms with Crippen LogP contribution in [0.5, 0.6) is 0 Å². The highest BCUT2D eigenvalue weighted by atomic mass is 32.2. The maximum Gasteiger partial charge on any atom is 0.243 e. The van der Waals surface area contributed by atoms with Gasteiger partial charge in [0, 0.05) is 17.6 Å². The lowest BCUT2D eigenvalue weighted by Gasteiger charge is -2.16. The van der Waals surface area contributed by atoms with Crippen molar-refractivity contribution in [1.29, 1.82) is 0 Å². The molecule has 0 aliphatic heterocycles. The summed E-state index contributed by atoms with van der Waals surface area (Å²) in [6.45, 7) is -0.111.